The molecule has 0 aliphatic carbocycles. The van der Waals surface area contributed by atoms with Crippen molar-refractivity contribution in [1.29, 1.82) is 0 Å². The van der Waals surface area contributed by atoms with Gasteiger partial charge in [0.05, 0.1) is 4.88 Å². The van der Waals surface area contributed by atoms with E-state index in [2.05, 4.69) is 10.6 Å². The molecule has 150 valence electrons. The number of amides is 2. The molecule has 1 heterocycles. The van der Waals surface area contributed by atoms with Crippen LogP contribution in [-0.4, -0.2) is 24.1 Å². The monoisotopic (exact) mass is 428 g/mol. The number of thioether (sulfide) groups is 1. The van der Waals surface area contributed by atoms with Gasteiger partial charge in [0.25, 0.3) is 11.8 Å². The summed E-state index contributed by atoms with van der Waals surface area (Å²) in [6.45, 7) is 0.991. The Labute approximate surface area is 177 Å². The van der Waals surface area contributed by atoms with Crippen LogP contribution < -0.4 is 10.6 Å². The Morgan fingerprint density at radius 2 is 1.69 bits per heavy atom. The molecule has 0 aliphatic heterocycles. The number of rotatable bonds is 9. The third kappa shape index (κ3) is 6.73. The summed E-state index contributed by atoms with van der Waals surface area (Å²) in [4.78, 5) is 25.9. The van der Waals surface area contributed by atoms with E-state index < -0.39 is 0 Å². The zero-order valence-corrected chi connectivity index (χ0v) is 17.3. The predicted octanol–water partition coefficient (Wildman–Crippen LogP) is 4.73. The van der Waals surface area contributed by atoms with E-state index in [1.807, 2.05) is 23.6 Å². The van der Waals surface area contributed by atoms with Crippen molar-refractivity contribution in [3.05, 3.63) is 87.9 Å². The van der Waals surface area contributed by atoms with Crippen LogP contribution in [0.15, 0.2) is 70.9 Å². The molecule has 0 radical (unpaired) electrons. The number of nitrogens with one attached hydrogen (secondary N) is 2. The number of hydrogen-bond donors (Lipinski definition) is 2. The highest BCUT2D eigenvalue weighted by Crippen LogP contribution is 2.18. The van der Waals surface area contributed by atoms with Crippen molar-refractivity contribution in [2.45, 2.75) is 17.9 Å². The lowest BCUT2D eigenvalue weighted by molar-refractivity contribution is 0.0945. The highest BCUT2D eigenvalue weighted by Gasteiger charge is 2.07. The molecule has 2 N–H and O–H groups in total. The van der Waals surface area contributed by atoms with Crippen LogP contribution in [0.25, 0.3) is 0 Å². The first-order valence-corrected chi connectivity index (χ1v) is 11.1. The lowest BCUT2D eigenvalue weighted by Gasteiger charge is -2.07. The molecule has 0 aliphatic rings. The molecule has 0 fully saturated rings. The molecule has 7 heteroatoms. The molecule has 0 atom stereocenters. The third-order valence-electron chi connectivity index (χ3n) is 4.10. The fraction of sp³-hybridized carbons (Fsp3) is 0.182. The molecule has 2 aromatic carbocycles. The van der Waals surface area contributed by atoms with E-state index in [-0.39, 0.29) is 17.6 Å². The van der Waals surface area contributed by atoms with Crippen LogP contribution in [0, 0.1) is 5.82 Å². The van der Waals surface area contributed by atoms with Gasteiger partial charge in [0.2, 0.25) is 0 Å². The molecular formula is C22H21FN2O2S2. The van der Waals surface area contributed by atoms with Gasteiger partial charge < -0.3 is 10.6 Å². The average Bonchev–Trinajstić information content (AvgIpc) is 3.28. The minimum absolute atomic E-state index is 0.0969. The molecule has 0 spiro atoms. The maximum Gasteiger partial charge on any atom is 0.261 e. The van der Waals surface area contributed by atoms with Crippen LogP contribution in [-0.2, 0) is 6.54 Å². The summed E-state index contributed by atoms with van der Waals surface area (Å²) in [5, 5.41) is 7.63. The van der Waals surface area contributed by atoms with Gasteiger partial charge in [-0.1, -0.05) is 18.2 Å². The second-order valence-corrected chi connectivity index (χ2v) is 8.38. The SMILES string of the molecule is O=C(NCCCSc1ccc(F)cc1)c1ccc(CNC(=O)c2cccs2)cc1. The van der Waals surface area contributed by atoms with E-state index in [1.54, 1.807) is 42.1 Å². The zero-order valence-electron chi connectivity index (χ0n) is 15.7. The molecule has 0 bridgehead atoms. The van der Waals surface area contributed by atoms with E-state index in [1.165, 1.54) is 23.5 Å². The number of hydrogen-bond acceptors (Lipinski definition) is 4. The number of thiophene rings is 1. The van der Waals surface area contributed by atoms with Gasteiger partial charge in [0.1, 0.15) is 5.82 Å². The maximum absolute atomic E-state index is 12.9. The van der Waals surface area contributed by atoms with Crippen molar-refractivity contribution in [2.24, 2.45) is 0 Å². The second-order valence-electron chi connectivity index (χ2n) is 6.27. The Morgan fingerprint density at radius 3 is 2.38 bits per heavy atom. The molecule has 0 saturated carbocycles. The van der Waals surface area contributed by atoms with Crippen molar-refractivity contribution in [3.63, 3.8) is 0 Å². The smallest absolute Gasteiger partial charge is 0.261 e. The van der Waals surface area contributed by atoms with Gasteiger partial charge in [-0.05, 0) is 65.6 Å². The van der Waals surface area contributed by atoms with Gasteiger partial charge in [-0.3, -0.25) is 9.59 Å². The van der Waals surface area contributed by atoms with E-state index in [4.69, 9.17) is 0 Å². The maximum atomic E-state index is 12.9. The van der Waals surface area contributed by atoms with Gasteiger partial charge in [0.15, 0.2) is 0 Å². The van der Waals surface area contributed by atoms with E-state index in [9.17, 15) is 14.0 Å². The number of benzene rings is 2. The predicted molar refractivity (Wildman–Crippen MR) is 116 cm³/mol. The molecule has 29 heavy (non-hydrogen) atoms. The summed E-state index contributed by atoms with van der Waals surface area (Å²) in [6.07, 6.45) is 0.820. The van der Waals surface area contributed by atoms with Crippen LogP contribution in [0.4, 0.5) is 4.39 Å². The standard InChI is InChI=1S/C22H21FN2O2S2/c23-18-8-10-19(11-9-18)28-14-2-12-24-21(26)17-6-4-16(5-7-17)15-25-22(27)20-3-1-13-29-20/h1,3-11,13H,2,12,14-15H2,(H,24,26)(H,25,27). The number of carbonyl (C=O) groups is 2. The first-order chi connectivity index (χ1) is 14.1. The fourth-order valence-corrected chi connectivity index (χ4v) is 4.04. The van der Waals surface area contributed by atoms with Gasteiger partial charge in [-0.15, -0.1) is 23.1 Å². The average molecular weight is 429 g/mol. The topological polar surface area (TPSA) is 58.2 Å². The molecule has 2 amide bonds. The van der Waals surface area contributed by atoms with E-state index >= 15 is 0 Å². The summed E-state index contributed by atoms with van der Waals surface area (Å²) in [5.41, 5.74) is 1.52. The van der Waals surface area contributed by atoms with E-state index in [0.717, 1.165) is 22.6 Å². The van der Waals surface area contributed by atoms with Crippen molar-refractivity contribution in [1.82, 2.24) is 10.6 Å². The third-order valence-corrected chi connectivity index (χ3v) is 6.07. The van der Waals surface area contributed by atoms with Crippen molar-refractivity contribution < 1.29 is 14.0 Å². The van der Waals surface area contributed by atoms with Crippen LogP contribution >= 0.6 is 23.1 Å². The number of carbonyl (C=O) groups excluding carboxylic acids is 2. The lowest BCUT2D eigenvalue weighted by atomic mass is 10.1. The lowest BCUT2D eigenvalue weighted by Crippen LogP contribution is -2.25. The molecule has 0 saturated heterocycles. The summed E-state index contributed by atoms with van der Waals surface area (Å²) >= 11 is 3.03. The molecule has 0 unspecified atom stereocenters. The van der Waals surface area contributed by atoms with Crippen molar-refractivity contribution in [3.8, 4) is 0 Å². The van der Waals surface area contributed by atoms with Crippen LogP contribution in [0.5, 0.6) is 0 Å². The first-order valence-electron chi connectivity index (χ1n) is 9.19. The quantitative estimate of drug-likeness (QED) is 0.383. The highest BCUT2D eigenvalue weighted by molar-refractivity contribution is 7.99. The van der Waals surface area contributed by atoms with Gasteiger partial charge in [0, 0.05) is 23.5 Å². The van der Waals surface area contributed by atoms with Crippen molar-refractivity contribution >= 4 is 34.9 Å². The van der Waals surface area contributed by atoms with Crippen LogP contribution in [0.1, 0.15) is 32.0 Å². The molecule has 4 nitrogen and oxygen atoms in total. The minimum atomic E-state index is -0.238. The molecular weight excluding hydrogens is 407 g/mol. The van der Waals surface area contributed by atoms with Crippen LogP contribution in [0.3, 0.4) is 0 Å². The largest absolute Gasteiger partial charge is 0.352 e. The summed E-state index contributed by atoms with van der Waals surface area (Å²) in [5.74, 6) is 0.387. The van der Waals surface area contributed by atoms with Crippen molar-refractivity contribution in [2.75, 3.05) is 12.3 Å². The minimum Gasteiger partial charge on any atom is -0.352 e. The second kappa shape index (κ2) is 10.8. The van der Waals surface area contributed by atoms with Crippen LogP contribution in [0.2, 0.25) is 0 Å². The Kier molecular flexibility index (Phi) is 7.84. The summed E-state index contributed by atoms with van der Waals surface area (Å²) in [7, 11) is 0. The molecule has 3 aromatic rings. The van der Waals surface area contributed by atoms with Gasteiger partial charge in [-0.25, -0.2) is 4.39 Å². The summed E-state index contributed by atoms with van der Waals surface area (Å²) < 4.78 is 12.9. The Morgan fingerprint density at radius 1 is 0.931 bits per heavy atom. The Balaban J connectivity index is 1.36. The molecule has 1 aromatic heterocycles. The zero-order chi connectivity index (χ0) is 20.5. The van der Waals surface area contributed by atoms with E-state index in [0.29, 0.717) is 23.5 Å². The summed E-state index contributed by atoms with van der Waals surface area (Å²) in [6, 6.07) is 17.2. The highest BCUT2D eigenvalue weighted by atomic mass is 32.2. The number of halogens is 1. The van der Waals surface area contributed by atoms with Gasteiger partial charge >= 0.3 is 0 Å². The first kappa shape index (κ1) is 21.1. The Bertz CT molecular complexity index is 926. The Hall–Kier alpha value is -2.64. The molecule has 3 rings (SSSR count). The van der Waals surface area contributed by atoms with Gasteiger partial charge in [-0.2, -0.15) is 0 Å². The fourth-order valence-electron chi connectivity index (χ4n) is 2.55. The normalized spacial score (nSPS) is 10.5.